The van der Waals surface area contributed by atoms with Crippen LogP contribution in [-0.2, 0) is 10.2 Å². The van der Waals surface area contributed by atoms with Crippen LogP contribution in [0, 0.1) is 0 Å². The second-order valence-electron chi connectivity index (χ2n) is 8.54. The van der Waals surface area contributed by atoms with Gasteiger partial charge in [0.05, 0.1) is 18.2 Å². The predicted molar refractivity (Wildman–Crippen MR) is 154 cm³/mol. The van der Waals surface area contributed by atoms with Crippen molar-refractivity contribution < 1.29 is 13.6 Å². The lowest BCUT2D eigenvalue weighted by Crippen LogP contribution is -2.27. The van der Waals surface area contributed by atoms with Crippen molar-refractivity contribution in [2.45, 2.75) is 30.3 Å². The van der Waals surface area contributed by atoms with Gasteiger partial charge in [-0.3, -0.25) is 0 Å². The highest BCUT2D eigenvalue weighted by atomic mass is 32.2. The number of fused-ring (bicyclic) bond motifs is 3. The van der Waals surface area contributed by atoms with Crippen molar-refractivity contribution in [3.05, 3.63) is 95.6 Å². The summed E-state index contributed by atoms with van der Waals surface area (Å²) in [4.78, 5) is 12.4. The number of nitrogens with zero attached hydrogens (tertiary/aromatic N) is 2. The van der Waals surface area contributed by atoms with Gasteiger partial charge in [-0.1, -0.05) is 106 Å². The van der Waals surface area contributed by atoms with Crippen LogP contribution in [0.3, 0.4) is 0 Å². The molecule has 0 saturated carbocycles. The van der Waals surface area contributed by atoms with Crippen molar-refractivity contribution in [3.8, 4) is 11.1 Å². The molecular weight excluding hydrogens is 509 g/mol. The number of nitrogens with two attached hydrogens (primary N) is 2. The maximum atomic E-state index is 12.4. The highest BCUT2D eigenvalue weighted by Gasteiger charge is 2.42. The monoisotopic (exact) mass is 540 g/mol. The molecule has 0 aromatic heterocycles. The Morgan fingerprint density at radius 2 is 1.49 bits per heavy atom. The van der Waals surface area contributed by atoms with E-state index in [-0.39, 0.29) is 0 Å². The Kier molecular flexibility index (Phi) is 10.5. The van der Waals surface area contributed by atoms with E-state index in [1.165, 1.54) is 32.1 Å². The Balaban J connectivity index is 0.000000568. The van der Waals surface area contributed by atoms with E-state index >= 15 is 0 Å². The summed E-state index contributed by atoms with van der Waals surface area (Å²) in [5.74, 6) is 0.842. The number of rotatable bonds is 9. The summed E-state index contributed by atoms with van der Waals surface area (Å²) in [7, 11) is 1.33. The minimum absolute atomic E-state index is 0.453. The van der Waals surface area contributed by atoms with Crippen LogP contribution in [0.2, 0.25) is 0 Å². The second-order valence-corrected chi connectivity index (χ2v) is 10.5. The zero-order chi connectivity index (χ0) is 26.7. The molecule has 3 aromatic rings. The number of hydrogen-bond acceptors (Lipinski definition) is 5. The number of thioether (sulfide) groups is 1. The average Bonchev–Trinajstić information content (AvgIpc) is 3.19. The van der Waals surface area contributed by atoms with Gasteiger partial charge in [0.2, 0.25) is 0 Å². The fraction of sp³-hybridized carbons (Fsp3) is 0.250. The molecule has 0 radical (unpaired) electrons. The molecule has 9 heteroatoms. The fourth-order valence-electron chi connectivity index (χ4n) is 4.22. The lowest BCUT2D eigenvalue weighted by atomic mass is 9.75. The number of hydrogen-bond donors (Lipinski definition) is 2. The van der Waals surface area contributed by atoms with Crippen LogP contribution in [-0.4, -0.2) is 35.6 Å². The number of halogens is 2. The van der Waals surface area contributed by atoms with Gasteiger partial charge < -0.3 is 16.3 Å². The van der Waals surface area contributed by atoms with Gasteiger partial charge in [-0.05, 0) is 40.7 Å². The van der Waals surface area contributed by atoms with Crippen LogP contribution in [0.25, 0.3) is 11.1 Å². The summed E-state index contributed by atoms with van der Waals surface area (Å²) < 4.78 is 22.6. The van der Waals surface area contributed by atoms with Crippen LogP contribution in [0.5, 0.6) is 0 Å². The molecular formula is C28H31F2N4OPS. The Hall–Kier alpha value is -2.93. The number of amidine groups is 1. The standard InChI is InChI=1S/C26H25N3OS.C2H6F2NP/c27-25(29-28-18-20-10-2-1-3-11-20)31-17-9-8-16-26(19-30)23-14-6-4-12-21(23)22-13-5-7-15-24(22)26;3-2(4,6)1-5/h1-7,10-15,18-19H,8-9,16-17H2,(H2,27,29);1,5-6H2/b28-18+;. The topological polar surface area (TPSA) is 93.8 Å². The van der Waals surface area contributed by atoms with Crippen molar-refractivity contribution in [3.63, 3.8) is 0 Å². The molecule has 1 aliphatic rings. The summed E-state index contributed by atoms with van der Waals surface area (Å²) >= 11 is 1.50. The van der Waals surface area contributed by atoms with E-state index in [4.69, 9.17) is 5.73 Å². The first-order valence-electron chi connectivity index (χ1n) is 11.9. The normalized spacial score (nSPS) is 14.0. The molecule has 1 unspecified atom stereocenters. The Morgan fingerprint density at radius 3 is 2.03 bits per heavy atom. The van der Waals surface area contributed by atoms with Gasteiger partial charge in [0.1, 0.15) is 6.29 Å². The van der Waals surface area contributed by atoms with Crippen molar-refractivity contribution in [1.29, 1.82) is 0 Å². The van der Waals surface area contributed by atoms with Gasteiger partial charge in [0.25, 0.3) is 5.66 Å². The van der Waals surface area contributed by atoms with Gasteiger partial charge in [-0.2, -0.15) is 5.10 Å². The summed E-state index contributed by atoms with van der Waals surface area (Å²) in [5, 5.41) is 8.56. The number of aldehydes is 1. The van der Waals surface area contributed by atoms with Crippen molar-refractivity contribution in [1.82, 2.24) is 0 Å². The third kappa shape index (κ3) is 7.78. The zero-order valence-corrected chi connectivity index (χ0v) is 22.4. The summed E-state index contributed by atoms with van der Waals surface area (Å²) in [6.45, 7) is -0.600. The lowest BCUT2D eigenvalue weighted by molar-refractivity contribution is -0.111. The largest absolute Gasteiger partial charge is 0.377 e. The van der Waals surface area contributed by atoms with Crippen LogP contribution in [0.1, 0.15) is 36.0 Å². The Morgan fingerprint density at radius 1 is 0.946 bits per heavy atom. The average molecular weight is 541 g/mol. The fourth-order valence-corrected chi connectivity index (χ4v) is 4.88. The van der Waals surface area contributed by atoms with Gasteiger partial charge >= 0.3 is 0 Å². The molecule has 4 rings (SSSR count). The van der Waals surface area contributed by atoms with Crippen LogP contribution < -0.4 is 11.5 Å². The number of unbranched alkanes of at least 4 members (excludes halogenated alkanes) is 1. The third-order valence-corrected chi connectivity index (χ3v) is 7.06. The van der Waals surface area contributed by atoms with Crippen LogP contribution >= 0.6 is 21.0 Å². The molecule has 0 spiro atoms. The van der Waals surface area contributed by atoms with E-state index in [0.717, 1.165) is 48.0 Å². The first kappa shape index (κ1) is 28.6. The van der Waals surface area contributed by atoms with E-state index in [9.17, 15) is 13.6 Å². The lowest BCUT2D eigenvalue weighted by Gasteiger charge is -2.25. The van der Waals surface area contributed by atoms with E-state index in [1.807, 2.05) is 54.6 Å². The first-order chi connectivity index (χ1) is 17.8. The molecule has 5 nitrogen and oxygen atoms in total. The molecule has 194 valence electrons. The zero-order valence-electron chi connectivity index (χ0n) is 20.4. The van der Waals surface area contributed by atoms with Crippen LogP contribution in [0.4, 0.5) is 8.78 Å². The van der Waals surface area contributed by atoms with Crippen LogP contribution in [0.15, 0.2) is 89.1 Å². The molecule has 0 saturated heterocycles. The highest BCUT2D eigenvalue weighted by molar-refractivity contribution is 8.13. The Labute approximate surface area is 223 Å². The molecule has 1 aliphatic carbocycles. The van der Waals surface area contributed by atoms with E-state index in [1.54, 1.807) is 6.21 Å². The smallest absolute Gasteiger partial charge is 0.270 e. The minimum Gasteiger partial charge on any atom is -0.377 e. The van der Waals surface area contributed by atoms with Gasteiger partial charge in [-0.25, -0.2) is 8.78 Å². The number of benzene rings is 3. The third-order valence-electron chi connectivity index (χ3n) is 5.96. The molecule has 0 fully saturated rings. The minimum atomic E-state index is -2.76. The van der Waals surface area contributed by atoms with E-state index < -0.39 is 17.6 Å². The van der Waals surface area contributed by atoms with Crippen molar-refractivity contribution in [2.24, 2.45) is 21.7 Å². The van der Waals surface area contributed by atoms with E-state index in [0.29, 0.717) is 5.17 Å². The maximum Gasteiger partial charge on any atom is 0.270 e. The highest BCUT2D eigenvalue weighted by Crippen LogP contribution is 2.50. The molecule has 0 heterocycles. The number of carbonyl (C=O) groups excluding carboxylic acids is 1. The molecule has 3 aromatic carbocycles. The van der Waals surface area contributed by atoms with Gasteiger partial charge in [-0.15, -0.1) is 5.10 Å². The molecule has 0 bridgehead atoms. The molecule has 0 amide bonds. The van der Waals surface area contributed by atoms with Crippen molar-refractivity contribution in [2.75, 3.05) is 12.3 Å². The predicted octanol–water partition coefficient (Wildman–Crippen LogP) is 5.82. The number of carbonyl (C=O) groups is 1. The van der Waals surface area contributed by atoms with Crippen molar-refractivity contribution >= 4 is 38.7 Å². The van der Waals surface area contributed by atoms with E-state index in [2.05, 4.69) is 40.2 Å². The summed E-state index contributed by atoms with van der Waals surface area (Å²) in [5.41, 5.74) is 12.8. The second kappa shape index (κ2) is 13.6. The maximum absolute atomic E-state index is 12.4. The van der Waals surface area contributed by atoms with Gasteiger partial charge in [0, 0.05) is 5.75 Å². The quantitative estimate of drug-likeness (QED) is 0.0894. The Bertz CT molecular complexity index is 1190. The first-order valence-corrected chi connectivity index (χ1v) is 13.4. The number of alkyl halides is 2. The summed E-state index contributed by atoms with van der Waals surface area (Å²) in [6.07, 6.45) is 5.49. The molecule has 1 atom stereocenters. The van der Waals surface area contributed by atoms with Gasteiger partial charge in [0.15, 0.2) is 5.17 Å². The molecule has 0 aliphatic heterocycles. The molecule has 4 N–H and O–H groups in total. The summed E-state index contributed by atoms with van der Waals surface area (Å²) in [6, 6.07) is 26.3. The molecule has 37 heavy (non-hydrogen) atoms. The SMILES string of the molecule is N/C(=N\N=C\c1ccccc1)SCCCCC1(C=O)c2ccccc2-c2ccccc21.NCC(F)(F)P.